The highest BCUT2D eigenvalue weighted by Crippen LogP contribution is 2.03. The molecule has 1 rings (SSSR count). The van der Waals surface area contributed by atoms with Crippen molar-refractivity contribution in [1.29, 1.82) is 0 Å². The number of aliphatic imine (C=N–C) groups is 1. The fraction of sp³-hybridized carbons (Fsp3) is 0.462. The molecule has 0 amide bonds. The average molecular weight is 221 g/mol. The first-order valence-electron chi connectivity index (χ1n) is 5.56. The van der Waals surface area contributed by atoms with E-state index in [4.69, 9.17) is 0 Å². The van der Waals surface area contributed by atoms with Crippen LogP contribution < -0.4 is 0 Å². The molecule has 1 aromatic carbocycles. The van der Waals surface area contributed by atoms with Gasteiger partial charge in [0.15, 0.2) is 0 Å². The Hall–Kier alpha value is -0.760. The molecule has 0 atom stereocenters. The molecule has 0 spiro atoms. The highest BCUT2D eigenvalue weighted by molar-refractivity contribution is 7.99. The lowest BCUT2D eigenvalue weighted by Gasteiger charge is -1.96. The van der Waals surface area contributed by atoms with Gasteiger partial charge in [0.05, 0.1) is 0 Å². The lowest BCUT2D eigenvalue weighted by Crippen LogP contribution is -1.89. The minimum Gasteiger partial charge on any atom is -0.292 e. The molecule has 0 aliphatic rings. The predicted molar refractivity (Wildman–Crippen MR) is 71.1 cm³/mol. The molecule has 0 aliphatic carbocycles. The molecule has 0 N–H and O–H groups in total. The van der Waals surface area contributed by atoms with Gasteiger partial charge in [-0.25, -0.2) is 0 Å². The Morgan fingerprint density at radius 2 is 2.00 bits per heavy atom. The van der Waals surface area contributed by atoms with Crippen molar-refractivity contribution in [3.8, 4) is 0 Å². The molecule has 2 heteroatoms. The first-order valence-corrected chi connectivity index (χ1v) is 6.71. The Kier molecular flexibility index (Phi) is 7.01. The van der Waals surface area contributed by atoms with E-state index in [-0.39, 0.29) is 0 Å². The summed E-state index contributed by atoms with van der Waals surface area (Å²) in [4.78, 5) is 4.39. The summed E-state index contributed by atoms with van der Waals surface area (Å²) >= 11 is 2.00. The Morgan fingerprint density at radius 1 is 1.20 bits per heavy atom. The van der Waals surface area contributed by atoms with E-state index in [0.717, 1.165) is 12.3 Å². The first-order chi connectivity index (χ1) is 7.43. The number of hydrogen-bond donors (Lipinski definition) is 0. The lowest BCUT2D eigenvalue weighted by atomic mass is 10.2. The molecule has 0 aromatic heterocycles. The number of hydrogen-bond acceptors (Lipinski definition) is 2. The number of rotatable bonds is 7. The van der Waals surface area contributed by atoms with Gasteiger partial charge in [-0.15, -0.1) is 0 Å². The molecule has 0 bridgehead atoms. The average Bonchev–Trinajstić information content (AvgIpc) is 2.29. The maximum Gasteiger partial charge on any atom is 0.0480 e. The van der Waals surface area contributed by atoms with Gasteiger partial charge in [-0.1, -0.05) is 43.7 Å². The fourth-order valence-corrected chi connectivity index (χ4v) is 2.11. The van der Waals surface area contributed by atoms with Crippen molar-refractivity contribution in [1.82, 2.24) is 0 Å². The van der Waals surface area contributed by atoms with Gasteiger partial charge in [0, 0.05) is 18.5 Å². The maximum absolute atomic E-state index is 4.39. The van der Waals surface area contributed by atoms with Crippen molar-refractivity contribution in [3.63, 3.8) is 0 Å². The lowest BCUT2D eigenvalue weighted by molar-refractivity contribution is 0.895. The Bertz CT molecular complexity index is 269. The molecule has 0 radical (unpaired) electrons. The van der Waals surface area contributed by atoms with Crippen molar-refractivity contribution in [2.75, 3.05) is 18.1 Å². The summed E-state index contributed by atoms with van der Waals surface area (Å²) in [5, 5.41) is 0. The van der Waals surface area contributed by atoms with E-state index in [2.05, 4.69) is 24.0 Å². The van der Waals surface area contributed by atoms with Crippen LogP contribution in [-0.2, 0) is 0 Å². The zero-order valence-corrected chi connectivity index (χ0v) is 10.2. The molecule has 0 saturated heterocycles. The van der Waals surface area contributed by atoms with E-state index in [1.54, 1.807) is 0 Å². The monoisotopic (exact) mass is 221 g/mol. The van der Waals surface area contributed by atoms with Gasteiger partial charge in [0.2, 0.25) is 0 Å². The van der Waals surface area contributed by atoms with Gasteiger partial charge in [-0.3, -0.25) is 4.99 Å². The largest absolute Gasteiger partial charge is 0.292 e. The van der Waals surface area contributed by atoms with E-state index in [0.29, 0.717) is 0 Å². The van der Waals surface area contributed by atoms with E-state index >= 15 is 0 Å². The standard InChI is InChI=1S/C13H19NS/c1-2-3-10-15-11-9-14-12-13-7-5-4-6-8-13/h4-8,12H,2-3,9-11H2,1H3. The van der Waals surface area contributed by atoms with Crippen LogP contribution in [0.5, 0.6) is 0 Å². The van der Waals surface area contributed by atoms with Crippen LogP contribution >= 0.6 is 11.8 Å². The van der Waals surface area contributed by atoms with E-state index in [1.165, 1.54) is 24.2 Å². The van der Waals surface area contributed by atoms with Gasteiger partial charge in [-0.2, -0.15) is 11.8 Å². The van der Waals surface area contributed by atoms with Crippen molar-refractivity contribution < 1.29 is 0 Å². The summed E-state index contributed by atoms with van der Waals surface area (Å²) in [5.74, 6) is 2.42. The van der Waals surface area contributed by atoms with Gasteiger partial charge in [-0.05, 0) is 17.7 Å². The van der Waals surface area contributed by atoms with Crippen molar-refractivity contribution in [3.05, 3.63) is 35.9 Å². The van der Waals surface area contributed by atoms with Crippen LogP contribution in [0.4, 0.5) is 0 Å². The van der Waals surface area contributed by atoms with Crippen LogP contribution in [0, 0.1) is 0 Å². The van der Waals surface area contributed by atoms with Crippen molar-refractivity contribution in [2.45, 2.75) is 19.8 Å². The van der Waals surface area contributed by atoms with Crippen molar-refractivity contribution in [2.24, 2.45) is 4.99 Å². The topological polar surface area (TPSA) is 12.4 Å². The third kappa shape index (κ3) is 6.34. The van der Waals surface area contributed by atoms with Crippen LogP contribution in [0.15, 0.2) is 35.3 Å². The SMILES string of the molecule is CCCCSCCN=Cc1ccccc1. The zero-order chi connectivity index (χ0) is 10.8. The van der Waals surface area contributed by atoms with Crippen LogP contribution in [0.25, 0.3) is 0 Å². The van der Waals surface area contributed by atoms with E-state index < -0.39 is 0 Å². The third-order valence-electron chi connectivity index (χ3n) is 2.05. The molecule has 0 heterocycles. The van der Waals surface area contributed by atoms with Crippen LogP contribution in [-0.4, -0.2) is 24.3 Å². The van der Waals surface area contributed by atoms with Crippen LogP contribution in [0.2, 0.25) is 0 Å². The zero-order valence-electron chi connectivity index (χ0n) is 9.36. The maximum atomic E-state index is 4.39. The molecule has 15 heavy (non-hydrogen) atoms. The van der Waals surface area contributed by atoms with E-state index in [1.807, 2.05) is 36.2 Å². The summed E-state index contributed by atoms with van der Waals surface area (Å²) in [6.45, 7) is 3.16. The van der Waals surface area contributed by atoms with E-state index in [9.17, 15) is 0 Å². The number of benzene rings is 1. The second-order valence-electron chi connectivity index (χ2n) is 3.41. The second-order valence-corrected chi connectivity index (χ2v) is 4.64. The van der Waals surface area contributed by atoms with Crippen molar-refractivity contribution >= 4 is 18.0 Å². The number of thioether (sulfide) groups is 1. The molecule has 0 aliphatic heterocycles. The summed E-state index contributed by atoms with van der Waals surface area (Å²) < 4.78 is 0. The Labute approximate surface area is 97.0 Å². The molecule has 0 fully saturated rings. The normalized spacial score (nSPS) is 11.0. The molecule has 1 aromatic rings. The second kappa shape index (κ2) is 8.54. The summed E-state index contributed by atoms with van der Waals surface area (Å²) in [5.41, 5.74) is 1.19. The molecular weight excluding hydrogens is 202 g/mol. The Balaban J connectivity index is 2.07. The van der Waals surface area contributed by atoms with Gasteiger partial charge >= 0.3 is 0 Å². The molecular formula is C13H19NS. The number of unbranched alkanes of at least 4 members (excludes halogenated alkanes) is 1. The highest BCUT2D eigenvalue weighted by Gasteiger charge is 1.87. The smallest absolute Gasteiger partial charge is 0.0480 e. The molecule has 1 nitrogen and oxygen atoms in total. The summed E-state index contributed by atoms with van der Waals surface area (Å²) in [6, 6.07) is 10.3. The quantitative estimate of drug-likeness (QED) is 0.506. The van der Waals surface area contributed by atoms with Gasteiger partial charge in [0.25, 0.3) is 0 Å². The minimum absolute atomic E-state index is 0.934. The summed E-state index contributed by atoms with van der Waals surface area (Å²) in [6.07, 6.45) is 4.58. The third-order valence-corrected chi connectivity index (χ3v) is 3.10. The molecule has 82 valence electrons. The molecule has 0 unspecified atom stereocenters. The fourth-order valence-electron chi connectivity index (χ4n) is 1.17. The van der Waals surface area contributed by atoms with Gasteiger partial charge in [0.1, 0.15) is 0 Å². The minimum atomic E-state index is 0.934. The van der Waals surface area contributed by atoms with Crippen LogP contribution in [0.1, 0.15) is 25.3 Å². The first kappa shape index (κ1) is 12.3. The molecule has 0 saturated carbocycles. The van der Waals surface area contributed by atoms with Gasteiger partial charge < -0.3 is 0 Å². The highest BCUT2D eigenvalue weighted by atomic mass is 32.2. The summed E-state index contributed by atoms with van der Waals surface area (Å²) in [7, 11) is 0. The Morgan fingerprint density at radius 3 is 2.73 bits per heavy atom. The predicted octanol–water partition coefficient (Wildman–Crippen LogP) is 3.64. The van der Waals surface area contributed by atoms with Crippen LogP contribution in [0.3, 0.4) is 0 Å². The number of nitrogens with zero attached hydrogens (tertiary/aromatic N) is 1.